The Morgan fingerprint density at radius 2 is 1.69 bits per heavy atom. The number of rotatable bonds is 8. The Morgan fingerprint density at radius 3 is 2.28 bits per heavy atom. The summed E-state index contributed by atoms with van der Waals surface area (Å²) in [6.45, 7) is 4.99. The summed E-state index contributed by atoms with van der Waals surface area (Å²) in [4.78, 5) is 36.0. The number of esters is 1. The number of carbonyl (C=O) groups excluding carboxylic acids is 1. The summed E-state index contributed by atoms with van der Waals surface area (Å²) in [5, 5.41) is 13.4. The van der Waals surface area contributed by atoms with Gasteiger partial charge in [0.2, 0.25) is 0 Å². The number of carboxylic acids is 1. The van der Waals surface area contributed by atoms with Crippen LogP contribution < -0.4 is 10.4 Å². The molecule has 168 valence electrons. The van der Waals surface area contributed by atoms with Gasteiger partial charge in [-0.3, -0.25) is 4.57 Å². The highest BCUT2D eigenvalue weighted by Crippen LogP contribution is 2.19. The van der Waals surface area contributed by atoms with Crippen LogP contribution in [0.15, 0.2) is 53.3 Å². The van der Waals surface area contributed by atoms with Crippen LogP contribution >= 0.6 is 0 Å². The number of aryl methyl sites for hydroxylation is 1. The molecular weight excluding hydrogens is 414 g/mol. The molecule has 0 fully saturated rings. The predicted molar refractivity (Wildman–Crippen MR) is 116 cm³/mol. The monoisotopic (exact) mass is 439 g/mol. The lowest BCUT2D eigenvalue weighted by atomic mass is 10.1. The predicted octanol–water partition coefficient (Wildman–Crippen LogP) is 2.54. The number of benzene rings is 2. The average Bonchev–Trinajstić information content (AvgIpc) is 3.01. The van der Waals surface area contributed by atoms with Crippen LogP contribution in [0.2, 0.25) is 0 Å². The van der Waals surface area contributed by atoms with Crippen molar-refractivity contribution in [2.75, 3.05) is 0 Å². The first-order chi connectivity index (χ1) is 15.1. The minimum atomic E-state index is -1.40. The first kappa shape index (κ1) is 22.8. The van der Waals surface area contributed by atoms with Gasteiger partial charge in [0.05, 0.1) is 12.1 Å². The van der Waals surface area contributed by atoms with Crippen molar-refractivity contribution in [3.05, 3.63) is 81.5 Å². The maximum Gasteiger partial charge on any atom is 0.347 e. The van der Waals surface area contributed by atoms with Crippen molar-refractivity contribution in [1.29, 1.82) is 0 Å². The van der Waals surface area contributed by atoms with E-state index in [1.165, 1.54) is 47.4 Å². The Morgan fingerprint density at radius 1 is 1.06 bits per heavy atom. The van der Waals surface area contributed by atoms with Gasteiger partial charge in [0.25, 0.3) is 0 Å². The summed E-state index contributed by atoms with van der Waals surface area (Å²) < 4.78 is 13.4. The first-order valence-corrected chi connectivity index (χ1v) is 9.94. The molecule has 3 rings (SSSR count). The van der Waals surface area contributed by atoms with Crippen molar-refractivity contribution in [3.63, 3.8) is 0 Å². The third-order valence-corrected chi connectivity index (χ3v) is 4.89. The van der Waals surface area contributed by atoms with Gasteiger partial charge in [-0.05, 0) is 50.6 Å². The molecule has 0 radical (unpaired) electrons. The van der Waals surface area contributed by atoms with Gasteiger partial charge in [-0.1, -0.05) is 29.8 Å². The summed E-state index contributed by atoms with van der Waals surface area (Å²) in [6.07, 6.45) is 0. The minimum absolute atomic E-state index is 0.171. The van der Waals surface area contributed by atoms with E-state index in [9.17, 15) is 14.4 Å². The third kappa shape index (κ3) is 5.23. The molecule has 0 atom stereocenters. The highest BCUT2D eigenvalue weighted by molar-refractivity contribution is 5.89. The number of aliphatic carboxylic acids is 1. The van der Waals surface area contributed by atoms with E-state index in [1.54, 1.807) is 7.05 Å². The second kappa shape index (κ2) is 9.09. The second-order valence-corrected chi connectivity index (χ2v) is 7.92. The Hall–Kier alpha value is -3.88. The zero-order valence-corrected chi connectivity index (χ0v) is 18.4. The lowest BCUT2D eigenvalue weighted by molar-refractivity contribution is -0.152. The summed E-state index contributed by atoms with van der Waals surface area (Å²) in [7, 11) is 1.57. The van der Waals surface area contributed by atoms with E-state index in [1.807, 2.05) is 31.2 Å². The molecule has 1 N–H and O–H groups in total. The van der Waals surface area contributed by atoms with E-state index < -0.39 is 17.5 Å². The van der Waals surface area contributed by atoms with Gasteiger partial charge in [-0.2, -0.15) is 5.10 Å². The Kier molecular flexibility index (Phi) is 6.47. The van der Waals surface area contributed by atoms with Crippen LogP contribution in [0.1, 0.15) is 41.2 Å². The smallest absolute Gasteiger partial charge is 0.347 e. The molecule has 0 aliphatic carbocycles. The fourth-order valence-corrected chi connectivity index (χ4v) is 2.84. The Bertz CT molecular complexity index is 1170. The Labute approximate surface area is 184 Å². The molecule has 32 heavy (non-hydrogen) atoms. The number of hydrogen-bond acceptors (Lipinski definition) is 6. The molecular formula is C23H25N3O6. The number of carboxylic acid groups (broad SMARTS) is 1. The van der Waals surface area contributed by atoms with Crippen LogP contribution in [-0.4, -0.2) is 37.0 Å². The number of aromatic nitrogens is 3. The molecule has 9 heteroatoms. The molecule has 0 bridgehead atoms. The lowest BCUT2D eigenvalue weighted by Gasteiger charge is -2.21. The zero-order valence-electron chi connectivity index (χ0n) is 18.4. The van der Waals surface area contributed by atoms with Crippen LogP contribution in [0.5, 0.6) is 5.75 Å². The van der Waals surface area contributed by atoms with Crippen molar-refractivity contribution in [3.8, 4) is 5.75 Å². The van der Waals surface area contributed by atoms with E-state index in [0.29, 0.717) is 18.1 Å². The van der Waals surface area contributed by atoms with Crippen molar-refractivity contribution < 1.29 is 24.2 Å². The Balaban J connectivity index is 1.64. The van der Waals surface area contributed by atoms with Gasteiger partial charge >= 0.3 is 17.6 Å². The lowest BCUT2D eigenvalue weighted by Crippen LogP contribution is -2.37. The van der Waals surface area contributed by atoms with Gasteiger partial charge in [-0.25, -0.2) is 19.1 Å². The minimum Gasteiger partial charge on any atom is -0.478 e. The van der Waals surface area contributed by atoms with E-state index in [2.05, 4.69) is 5.10 Å². The maximum atomic E-state index is 12.4. The zero-order chi connectivity index (χ0) is 23.5. The van der Waals surface area contributed by atoms with Crippen LogP contribution in [0, 0.1) is 6.92 Å². The van der Waals surface area contributed by atoms with Crippen LogP contribution in [0.3, 0.4) is 0 Å². The molecule has 1 heterocycles. The first-order valence-electron chi connectivity index (χ1n) is 9.94. The van der Waals surface area contributed by atoms with E-state index in [4.69, 9.17) is 14.6 Å². The van der Waals surface area contributed by atoms with Crippen molar-refractivity contribution >= 4 is 11.9 Å². The van der Waals surface area contributed by atoms with Gasteiger partial charge in [0, 0.05) is 7.05 Å². The standard InChI is InChI=1S/C23H25N3O6/c1-15-5-7-16(8-6-15)13-26-22(30)25(4)19(24-26)14-31-20(27)17-9-11-18(12-10-17)32-23(2,3)21(28)29/h5-12H,13-14H2,1-4H3,(H,28,29). The molecule has 0 spiro atoms. The normalized spacial score (nSPS) is 11.2. The molecule has 2 aromatic carbocycles. The number of nitrogens with zero attached hydrogens (tertiary/aromatic N) is 3. The number of ether oxygens (including phenoxy) is 2. The fraction of sp³-hybridized carbons (Fsp3) is 0.304. The molecule has 0 aliphatic heterocycles. The highest BCUT2D eigenvalue weighted by atomic mass is 16.5. The van der Waals surface area contributed by atoms with Crippen molar-refractivity contribution in [2.24, 2.45) is 7.05 Å². The molecule has 0 saturated heterocycles. The van der Waals surface area contributed by atoms with Crippen LogP contribution in [-0.2, 0) is 29.7 Å². The molecule has 1 aromatic heterocycles. The summed E-state index contributed by atoms with van der Waals surface area (Å²) >= 11 is 0. The maximum absolute atomic E-state index is 12.4. The van der Waals surface area contributed by atoms with Crippen LogP contribution in [0.4, 0.5) is 0 Å². The van der Waals surface area contributed by atoms with Gasteiger partial charge in [0.15, 0.2) is 18.0 Å². The summed E-state index contributed by atoms with van der Waals surface area (Å²) in [5.41, 5.74) is 0.617. The number of hydrogen-bond donors (Lipinski definition) is 1. The quantitative estimate of drug-likeness (QED) is 0.537. The van der Waals surface area contributed by atoms with E-state index in [-0.39, 0.29) is 17.9 Å². The molecule has 0 saturated carbocycles. The third-order valence-electron chi connectivity index (χ3n) is 4.89. The van der Waals surface area contributed by atoms with Crippen LogP contribution in [0.25, 0.3) is 0 Å². The van der Waals surface area contributed by atoms with E-state index in [0.717, 1.165) is 11.1 Å². The highest BCUT2D eigenvalue weighted by Gasteiger charge is 2.29. The molecule has 3 aromatic rings. The molecule has 0 amide bonds. The van der Waals surface area contributed by atoms with Crippen molar-refractivity contribution in [2.45, 2.75) is 39.5 Å². The molecule has 0 aliphatic rings. The summed E-state index contributed by atoms with van der Waals surface area (Å²) in [6, 6.07) is 13.7. The topological polar surface area (TPSA) is 113 Å². The van der Waals surface area contributed by atoms with Gasteiger partial charge in [0.1, 0.15) is 5.75 Å². The van der Waals surface area contributed by atoms with Gasteiger partial charge < -0.3 is 14.6 Å². The largest absolute Gasteiger partial charge is 0.478 e. The molecule has 9 nitrogen and oxygen atoms in total. The average molecular weight is 439 g/mol. The SMILES string of the molecule is Cc1ccc(Cn2nc(COC(=O)c3ccc(OC(C)(C)C(=O)O)cc3)n(C)c2=O)cc1. The summed E-state index contributed by atoms with van der Waals surface area (Å²) in [5.74, 6) is -1.08. The number of carbonyl (C=O) groups is 2. The van der Waals surface area contributed by atoms with Crippen molar-refractivity contribution in [1.82, 2.24) is 14.3 Å². The fourth-order valence-electron chi connectivity index (χ4n) is 2.84. The van der Waals surface area contributed by atoms with Gasteiger partial charge in [-0.15, -0.1) is 0 Å². The second-order valence-electron chi connectivity index (χ2n) is 7.92. The van der Waals surface area contributed by atoms with E-state index >= 15 is 0 Å². The molecule has 0 unspecified atom stereocenters.